The van der Waals surface area contributed by atoms with E-state index in [1.165, 1.54) is 0 Å². The predicted octanol–water partition coefficient (Wildman–Crippen LogP) is 5.01. The number of alkyl carbamates (subject to hydrolysis) is 1. The van der Waals surface area contributed by atoms with Gasteiger partial charge in [0.25, 0.3) is 5.91 Å². The Balaban J connectivity index is 1.78. The van der Waals surface area contributed by atoms with Crippen LogP contribution in [-0.4, -0.2) is 33.6 Å². The monoisotopic (exact) mass is 521 g/mol. The van der Waals surface area contributed by atoms with Crippen molar-refractivity contribution >= 4 is 39.3 Å². The molecule has 4 N–H and O–H groups in total. The SMILES string of the molecule is C[C@@H]1C[C@H](NC(=O)OC(C)(C)C)C[C@H](c2ccncc2NC(=O)c2nc(Br)c(F)cc2N)C1. The maximum Gasteiger partial charge on any atom is 0.407 e. The average Bonchev–Trinajstić information content (AvgIpc) is 2.69. The lowest BCUT2D eigenvalue weighted by Gasteiger charge is -2.35. The third-order valence-electron chi connectivity index (χ3n) is 5.38. The van der Waals surface area contributed by atoms with Crippen LogP contribution in [-0.2, 0) is 4.74 Å². The second kappa shape index (κ2) is 10.0. The zero-order valence-electron chi connectivity index (χ0n) is 19.1. The van der Waals surface area contributed by atoms with Crippen LogP contribution in [0.5, 0.6) is 0 Å². The highest BCUT2D eigenvalue weighted by Gasteiger charge is 2.31. The smallest absolute Gasteiger partial charge is 0.407 e. The Morgan fingerprint density at radius 2 is 2.00 bits per heavy atom. The van der Waals surface area contributed by atoms with E-state index in [2.05, 4.69) is 43.5 Å². The van der Waals surface area contributed by atoms with Crippen LogP contribution >= 0.6 is 15.9 Å². The number of pyridine rings is 2. The number of ether oxygens (including phenoxy) is 1. The molecule has 0 aromatic carbocycles. The van der Waals surface area contributed by atoms with Crippen LogP contribution in [0, 0.1) is 11.7 Å². The van der Waals surface area contributed by atoms with Crippen molar-refractivity contribution < 1.29 is 18.7 Å². The van der Waals surface area contributed by atoms with Gasteiger partial charge >= 0.3 is 6.09 Å². The summed E-state index contributed by atoms with van der Waals surface area (Å²) >= 11 is 2.98. The second-order valence-corrected chi connectivity index (χ2v) is 10.2. The normalized spacial score (nSPS) is 20.7. The molecule has 2 aromatic heterocycles. The van der Waals surface area contributed by atoms with Gasteiger partial charge in [-0.05, 0) is 79.4 Å². The number of hydrogen-bond acceptors (Lipinski definition) is 6. The summed E-state index contributed by atoms with van der Waals surface area (Å²) in [4.78, 5) is 33.2. The van der Waals surface area contributed by atoms with E-state index in [0.29, 0.717) is 18.0 Å². The van der Waals surface area contributed by atoms with Crippen molar-refractivity contribution in [2.75, 3.05) is 11.1 Å². The highest BCUT2D eigenvalue weighted by molar-refractivity contribution is 9.10. The maximum absolute atomic E-state index is 13.6. The van der Waals surface area contributed by atoms with Crippen LogP contribution in [0.1, 0.15) is 68.9 Å². The van der Waals surface area contributed by atoms with E-state index < -0.39 is 23.4 Å². The Bertz CT molecular complexity index is 1040. The number of rotatable bonds is 4. The van der Waals surface area contributed by atoms with Gasteiger partial charge in [0, 0.05) is 18.3 Å². The number of amides is 2. The van der Waals surface area contributed by atoms with Gasteiger partial charge in [-0.15, -0.1) is 0 Å². The molecule has 0 aliphatic heterocycles. The summed E-state index contributed by atoms with van der Waals surface area (Å²) in [5.74, 6) is -0.774. The molecule has 1 saturated carbocycles. The van der Waals surface area contributed by atoms with E-state index >= 15 is 0 Å². The van der Waals surface area contributed by atoms with Crippen LogP contribution < -0.4 is 16.4 Å². The minimum atomic E-state index is -0.647. The number of nitrogens with one attached hydrogen (secondary N) is 2. The first-order valence-electron chi connectivity index (χ1n) is 10.8. The van der Waals surface area contributed by atoms with Gasteiger partial charge < -0.3 is 21.1 Å². The van der Waals surface area contributed by atoms with Gasteiger partial charge in [0.05, 0.1) is 17.6 Å². The third kappa shape index (κ3) is 6.63. The zero-order valence-corrected chi connectivity index (χ0v) is 20.7. The summed E-state index contributed by atoms with van der Waals surface area (Å²) < 4.78 is 19.0. The minimum absolute atomic E-state index is 0.0596. The highest BCUT2D eigenvalue weighted by atomic mass is 79.9. The van der Waals surface area contributed by atoms with Gasteiger partial charge in [0.2, 0.25) is 0 Å². The molecule has 178 valence electrons. The second-order valence-electron chi connectivity index (χ2n) is 9.47. The van der Waals surface area contributed by atoms with Crippen molar-refractivity contribution in [3.05, 3.63) is 46.2 Å². The summed E-state index contributed by atoms with van der Waals surface area (Å²) in [6, 6.07) is 2.85. The number of halogens is 2. The Morgan fingerprint density at radius 3 is 2.70 bits per heavy atom. The lowest BCUT2D eigenvalue weighted by molar-refractivity contribution is 0.0482. The van der Waals surface area contributed by atoms with E-state index in [-0.39, 0.29) is 27.9 Å². The molecular weight excluding hydrogens is 493 g/mol. The van der Waals surface area contributed by atoms with Gasteiger partial charge in [-0.1, -0.05) is 6.92 Å². The fourth-order valence-corrected chi connectivity index (χ4v) is 4.45. The minimum Gasteiger partial charge on any atom is -0.444 e. The molecule has 2 aromatic rings. The van der Waals surface area contributed by atoms with Crippen LogP contribution in [0.2, 0.25) is 0 Å². The zero-order chi connectivity index (χ0) is 24.3. The van der Waals surface area contributed by atoms with Gasteiger partial charge in [0.15, 0.2) is 11.5 Å². The van der Waals surface area contributed by atoms with Crippen molar-refractivity contribution in [3.63, 3.8) is 0 Å². The Hall–Kier alpha value is -2.75. The molecule has 0 bridgehead atoms. The molecule has 2 heterocycles. The van der Waals surface area contributed by atoms with E-state index in [1.54, 1.807) is 12.4 Å². The molecule has 0 saturated heterocycles. The van der Waals surface area contributed by atoms with E-state index in [1.807, 2.05) is 26.8 Å². The van der Waals surface area contributed by atoms with Crippen molar-refractivity contribution in [1.29, 1.82) is 0 Å². The first-order valence-corrected chi connectivity index (χ1v) is 11.6. The van der Waals surface area contributed by atoms with Crippen molar-refractivity contribution in [2.24, 2.45) is 5.92 Å². The van der Waals surface area contributed by atoms with Crippen LogP contribution in [0.15, 0.2) is 29.1 Å². The van der Waals surface area contributed by atoms with Crippen molar-refractivity contribution in [3.8, 4) is 0 Å². The summed E-state index contributed by atoms with van der Waals surface area (Å²) in [5.41, 5.74) is 6.51. The number of nitrogens with two attached hydrogens (primary N) is 1. The number of carbonyl (C=O) groups excluding carboxylic acids is 2. The first kappa shape index (κ1) is 24.9. The fraction of sp³-hybridized carbons (Fsp3) is 0.478. The largest absolute Gasteiger partial charge is 0.444 e. The van der Waals surface area contributed by atoms with Crippen LogP contribution in [0.3, 0.4) is 0 Å². The third-order valence-corrected chi connectivity index (χ3v) is 5.94. The Labute approximate surface area is 201 Å². The summed E-state index contributed by atoms with van der Waals surface area (Å²) in [5, 5.41) is 5.79. The number of aromatic nitrogens is 2. The molecular formula is C23H29BrFN5O3. The standard InChI is InChI=1S/C23H29BrFN5O3/c1-12-7-13(9-14(8-12)28-22(32)33-23(2,3)4)15-5-6-27-11-18(15)29-21(31)19-17(26)10-16(25)20(24)30-19/h5-6,10-14H,7-9,26H2,1-4H3,(H,28,32)(H,29,31)/t12-,13+,14-/m0/s1. The topological polar surface area (TPSA) is 119 Å². The molecule has 3 rings (SSSR count). The van der Waals surface area contributed by atoms with Gasteiger partial charge in [-0.25, -0.2) is 14.2 Å². The highest BCUT2D eigenvalue weighted by Crippen LogP contribution is 2.39. The van der Waals surface area contributed by atoms with Gasteiger partial charge in [0.1, 0.15) is 10.2 Å². The summed E-state index contributed by atoms with van der Waals surface area (Å²) in [6.45, 7) is 7.61. The summed E-state index contributed by atoms with van der Waals surface area (Å²) in [7, 11) is 0. The molecule has 1 aliphatic carbocycles. The van der Waals surface area contributed by atoms with Gasteiger partial charge in [-0.2, -0.15) is 0 Å². The molecule has 0 radical (unpaired) electrons. The molecule has 2 amide bonds. The molecule has 0 spiro atoms. The summed E-state index contributed by atoms with van der Waals surface area (Å²) in [6.07, 6.45) is 5.22. The molecule has 1 fully saturated rings. The van der Waals surface area contributed by atoms with Crippen molar-refractivity contribution in [1.82, 2.24) is 15.3 Å². The molecule has 8 nitrogen and oxygen atoms in total. The lowest BCUT2D eigenvalue weighted by atomic mass is 9.76. The van der Waals surface area contributed by atoms with Gasteiger partial charge in [-0.3, -0.25) is 9.78 Å². The van der Waals surface area contributed by atoms with Crippen LogP contribution in [0.25, 0.3) is 0 Å². The van der Waals surface area contributed by atoms with E-state index in [4.69, 9.17) is 10.5 Å². The fourth-order valence-electron chi connectivity index (χ4n) is 4.16. The maximum atomic E-state index is 13.6. The Morgan fingerprint density at radius 1 is 1.27 bits per heavy atom. The quantitative estimate of drug-likeness (QED) is 0.486. The predicted molar refractivity (Wildman–Crippen MR) is 127 cm³/mol. The number of carbonyl (C=O) groups is 2. The van der Waals surface area contributed by atoms with E-state index in [0.717, 1.165) is 24.5 Å². The number of nitrogens with zero attached hydrogens (tertiary/aromatic N) is 2. The lowest BCUT2D eigenvalue weighted by Crippen LogP contribution is -2.42. The molecule has 33 heavy (non-hydrogen) atoms. The molecule has 0 unspecified atom stereocenters. The number of nitrogen functional groups attached to an aromatic ring is 1. The first-order chi connectivity index (χ1) is 15.4. The van der Waals surface area contributed by atoms with E-state index in [9.17, 15) is 14.0 Å². The molecule has 1 aliphatic rings. The van der Waals surface area contributed by atoms with Crippen LogP contribution in [0.4, 0.5) is 20.6 Å². The molecule has 10 heteroatoms. The number of hydrogen-bond donors (Lipinski definition) is 3. The molecule has 3 atom stereocenters. The Kier molecular flexibility index (Phi) is 7.56. The number of anilines is 2. The average molecular weight is 522 g/mol. The van der Waals surface area contributed by atoms with Crippen molar-refractivity contribution in [2.45, 2.75) is 64.5 Å².